The summed E-state index contributed by atoms with van der Waals surface area (Å²) < 4.78 is 5.71. The van der Waals surface area contributed by atoms with Gasteiger partial charge in [-0.05, 0) is 36.4 Å². The smallest absolute Gasteiger partial charge is 0.276 e. The molecule has 0 saturated carbocycles. The summed E-state index contributed by atoms with van der Waals surface area (Å²) in [4.78, 5) is 26.1. The van der Waals surface area contributed by atoms with Gasteiger partial charge in [0.25, 0.3) is 5.69 Å². The quantitative estimate of drug-likeness (QED) is 0.555. The summed E-state index contributed by atoms with van der Waals surface area (Å²) in [6.45, 7) is -0.0668. The van der Waals surface area contributed by atoms with Crippen molar-refractivity contribution in [2.75, 3.05) is 0 Å². The lowest BCUT2D eigenvalue weighted by molar-refractivity contribution is -0.385. The minimum atomic E-state index is -0.733. The van der Waals surface area contributed by atoms with E-state index in [-0.39, 0.29) is 17.9 Å². The SMILES string of the molecule is NC(=O)c1ccc(COc2ccc(Cl)c3cccnc23)c([N+](=O)[O-])c1. The van der Waals surface area contributed by atoms with E-state index in [1.807, 2.05) is 6.07 Å². The molecule has 0 fully saturated rings. The van der Waals surface area contributed by atoms with Crippen molar-refractivity contribution in [1.29, 1.82) is 0 Å². The Kier molecular flexibility index (Phi) is 4.49. The van der Waals surface area contributed by atoms with E-state index in [0.29, 0.717) is 21.9 Å². The second-order valence-corrected chi connectivity index (χ2v) is 5.61. The predicted octanol–water partition coefficient (Wildman–Crippen LogP) is 3.47. The molecule has 0 aliphatic heterocycles. The molecule has 0 unspecified atom stereocenters. The van der Waals surface area contributed by atoms with Gasteiger partial charge in [0.1, 0.15) is 17.9 Å². The summed E-state index contributed by atoms with van der Waals surface area (Å²) in [5.74, 6) is -0.281. The van der Waals surface area contributed by atoms with Crippen LogP contribution in [0, 0.1) is 10.1 Å². The summed E-state index contributed by atoms with van der Waals surface area (Å²) >= 11 is 6.13. The van der Waals surface area contributed by atoms with Gasteiger partial charge in [0, 0.05) is 23.2 Å². The summed E-state index contributed by atoms with van der Waals surface area (Å²) in [5, 5.41) is 12.5. The second-order valence-electron chi connectivity index (χ2n) is 5.20. The largest absolute Gasteiger partial charge is 0.486 e. The van der Waals surface area contributed by atoms with Gasteiger partial charge in [-0.1, -0.05) is 11.6 Å². The van der Waals surface area contributed by atoms with Crippen molar-refractivity contribution in [3.8, 4) is 5.75 Å². The highest BCUT2D eigenvalue weighted by Gasteiger charge is 2.17. The average molecular weight is 358 g/mol. The number of carbonyl (C=O) groups is 1. The zero-order valence-electron chi connectivity index (χ0n) is 12.8. The van der Waals surface area contributed by atoms with Crippen LogP contribution in [0.5, 0.6) is 5.75 Å². The van der Waals surface area contributed by atoms with Gasteiger partial charge >= 0.3 is 0 Å². The van der Waals surface area contributed by atoms with Crippen LogP contribution in [0.4, 0.5) is 5.69 Å². The van der Waals surface area contributed by atoms with E-state index < -0.39 is 10.8 Å². The molecule has 25 heavy (non-hydrogen) atoms. The highest BCUT2D eigenvalue weighted by Crippen LogP contribution is 2.31. The average Bonchev–Trinajstić information content (AvgIpc) is 2.61. The van der Waals surface area contributed by atoms with Gasteiger partial charge in [-0.3, -0.25) is 19.9 Å². The summed E-state index contributed by atoms with van der Waals surface area (Å²) in [5.41, 5.74) is 5.87. The molecular formula is C17H12ClN3O4. The van der Waals surface area contributed by atoms with Crippen molar-refractivity contribution in [2.24, 2.45) is 5.73 Å². The Labute approximate surface area is 147 Å². The fourth-order valence-corrected chi connectivity index (χ4v) is 2.61. The highest BCUT2D eigenvalue weighted by molar-refractivity contribution is 6.35. The molecule has 1 amide bonds. The monoisotopic (exact) mass is 357 g/mol. The van der Waals surface area contributed by atoms with Crippen molar-refractivity contribution in [2.45, 2.75) is 6.61 Å². The Morgan fingerprint density at radius 1 is 1.28 bits per heavy atom. The van der Waals surface area contributed by atoms with Crippen LogP contribution in [0.25, 0.3) is 10.9 Å². The molecule has 2 N–H and O–H groups in total. The fraction of sp³-hybridized carbons (Fsp3) is 0.0588. The van der Waals surface area contributed by atoms with E-state index in [1.165, 1.54) is 12.1 Å². The van der Waals surface area contributed by atoms with Gasteiger partial charge in [-0.25, -0.2) is 0 Å². The third kappa shape index (κ3) is 3.36. The normalized spacial score (nSPS) is 10.6. The number of amides is 1. The number of hydrogen-bond acceptors (Lipinski definition) is 5. The van der Waals surface area contributed by atoms with Gasteiger partial charge in [-0.15, -0.1) is 0 Å². The van der Waals surface area contributed by atoms with E-state index in [0.717, 1.165) is 11.5 Å². The molecular weight excluding hydrogens is 346 g/mol. The predicted molar refractivity (Wildman–Crippen MR) is 92.7 cm³/mol. The van der Waals surface area contributed by atoms with Crippen LogP contribution >= 0.6 is 11.6 Å². The van der Waals surface area contributed by atoms with Crippen molar-refractivity contribution < 1.29 is 14.5 Å². The van der Waals surface area contributed by atoms with Gasteiger partial charge < -0.3 is 10.5 Å². The second kappa shape index (κ2) is 6.74. The van der Waals surface area contributed by atoms with Crippen LogP contribution in [-0.2, 0) is 6.61 Å². The maximum atomic E-state index is 11.2. The molecule has 0 atom stereocenters. The van der Waals surface area contributed by atoms with E-state index in [2.05, 4.69) is 4.98 Å². The third-order valence-corrected chi connectivity index (χ3v) is 3.96. The number of nitrogens with zero attached hydrogens (tertiary/aromatic N) is 2. The van der Waals surface area contributed by atoms with Gasteiger partial charge in [0.15, 0.2) is 0 Å². The van der Waals surface area contributed by atoms with Crippen LogP contribution in [0.3, 0.4) is 0 Å². The summed E-state index contributed by atoms with van der Waals surface area (Å²) in [6, 6.07) is 10.9. The Balaban J connectivity index is 1.93. The van der Waals surface area contributed by atoms with Gasteiger partial charge in [-0.2, -0.15) is 0 Å². The maximum absolute atomic E-state index is 11.2. The number of halogens is 1. The molecule has 3 rings (SSSR count). The Morgan fingerprint density at radius 2 is 2.08 bits per heavy atom. The first-order valence-corrected chi connectivity index (χ1v) is 7.58. The molecule has 0 aliphatic carbocycles. The third-order valence-electron chi connectivity index (χ3n) is 3.63. The molecule has 0 spiro atoms. The van der Waals surface area contributed by atoms with Crippen LogP contribution in [0.1, 0.15) is 15.9 Å². The Hall–Kier alpha value is -3.19. The lowest BCUT2D eigenvalue weighted by Gasteiger charge is -2.10. The lowest BCUT2D eigenvalue weighted by atomic mass is 10.1. The number of aromatic nitrogens is 1. The fourth-order valence-electron chi connectivity index (χ4n) is 2.39. The first-order valence-electron chi connectivity index (χ1n) is 7.20. The maximum Gasteiger partial charge on any atom is 0.276 e. The number of fused-ring (bicyclic) bond motifs is 1. The number of pyridine rings is 1. The number of nitrogens with two attached hydrogens (primary N) is 1. The summed E-state index contributed by atoms with van der Waals surface area (Å²) in [7, 11) is 0. The molecule has 0 bridgehead atoms. The van der Waals surface area contributed by atoms with E-state index in [1.54, 1.807) is 24.4 Å². The van der Waals surface area contributed by atoms with Crippen LogP contribution in [-0.4, -0.2) is 15.8 Å². The lowest BCUT2D eigenvalue weighted by Crippen LogP contribution is -2.12. The number of ether oxygens (including phenoxy) is 1. The van der Waals surface area contributed by atoms with E-state index in [4.69, 9.17) is 22.1 Å². The van der Waals surface area contributed by atoms with Crippen molar-refractivity contribution in [3.05, 3.63) is 74.9 Å². The molecule has 0 radical (unpaired) electrons. The van der Waals surface area contributed by atoms with Crippen LogP contribution < -0.4 is 10.5 Å². The number of rotatable bonds is 5. The first-order chi connectivity index (χ1) is 12.0. The van der Waals surface area contributed by atoms with Gasteiger partial charge in [0.05, 0.1) is 15.5 Å². The highest BCUT2D eigenvalue weighted by atomic mass is 35.5. The minimum absolute atomic E-state index is 0.0639. The molecule has 1 aromatic heterocycles. The molecule has 0 saturated heterocycles. The van der Waals surface area contributed by atoms with Gasteiger partial charge in [0.2, 0.25) is 5.91 Å². The molecule has 1 heterocycles. The first kappa shape index (κ1) is 16.7. The van der Waals surface area contributed by atoms with Crippen LogP contribution in [0.15, 0.2) is 48.7 Å². The zero-order valence-corrected chi connectivity index (χ0v) is 13.6. The Morgan fingerprint density at radius 3 is 2.80 bits per heavy atom. The number of carbonyl (C=O) groups excluding carboxylic acids is 1. The number of hydrogen-bond donors (Lipinski definition) is 1. The Bertz CT molecular complexity index is 991. The van der Waals surface area contributed by atoms with Crippen molar-refractivity contribution in [3.63, 3.8) is 0 Å². The summed E-state index contributed by atoms with van der Waals surface area (Å²) in [6.07, 6.45) is 1.61. The zero-order chi connectivity index (χ0) is 18.0. The molecule has 8 heteroatoms. The van der Waals surface area contributed by atoms with Crippen LogP contribution in [0.2, 0.25) is 5.02 Å². The number of nitro groups is 1. The topological polar surface area (TPSA) is 108 Å². The van der Waals surface area contributed by atoms with Crippen molar-refractivity contribution >= 4 is 34.1 Å². The standard InChI is InChI=1S/C17H12ClN3O4/c18-13-5-6-15(16-12(13)2-1-7-20-16)25-9-11-4-3-10(17(19)22)8-14(11)21(23)24/h1-8H,9H2,(H2,19,22). The number of nitro benzene ring substituents is 1. The number of primary amides is 1. The molecule has 7 nitrogen and oxygen atoms in total. The molecule has 2 aromatic carbocycles. The minimum Gasteiger partial charge on any atom is -0.486 e. The number of benzene rings is 2. The van der Waals surface area contributed by atoms with Crippen molar-refractivity contribution in [1.82, 2.24) is 4.98 Å². The van der Waals surface area contributed by atoms with E-state index in [9.17, 15) is 14.9 Å². The molecule has 3 aromatic rings. The van der Waals surface area contributed by atoms with E-state index >= 15 is 0 Å². The molecule has 0 aliphatic rings. The molecule has 126 valence electrons.